The zero-order chi connectivity index (χ0) is 16.2. The molecule has 0 bridgehead atoms. The fraction of sp³-hybridized carbons (Fsp3) is 0.500. The molecule has 0 aliphatic rings. The van der Waals surface area contributed by atoms with Crippen LogP contribution in [0.25, 0.3) is 0 Å². The Morgan fingerprint density at radius 2 is 1.91 bits per heavy atom. The highest BCUT2D eigenvalue weighted by Crippen LogP contribution is 2.25. The van der Waals surface area contributed by atoms with Gasteiger partial charge in [0.05, 0.1) is 16.8 Å². The lowest BCUT2D eigenvalue weighted by molar-refractivity contribution is 0.154. The summed E-state index contributed by atoms with van der Waals surface area (Å²) in [7, 11) is 0. The van der Waals surface area contributed by atoms with Gasteiger partial charge in [0.15, 0.2) is 0 Å². The molecular weight excluding hydrogens is 292 g/mol. The van der Waals surface area contributed by atoms with Crippen molar-refractivity contribution in [2.75, 3.05) is 0 Å². The van der Waals surface area contributed by atoms with Crippen LogP contribution in [0.2, 0.25) is 0 Å². The Hall–Kier alpha value is -1.23. The van der Waals surface area contributed by atoms with Crippen molar-refractivity contribution in [1.29, 1.82) is 0 Å². The van der Waals surface area contributed by atoms with E-state index >= 15 is 0 Å². The molecule has 2 unspecified atom stereocenters. The summed E-state index contributed by atoms with van der Waals surface area (Å²) in [6.45, 7) is 9.39. The Balaban J connectivity index is 1.83. The van der Waals surface area contributed by atoms with Gasteiger partial charge in [-0.1, -0.05) is 51.1 Å². The third kappa shape index (κ3) is 4.90. The molecule has 0 aliphatic heterocycles. The molecule has 1 aromatic heterocycles. The van der Waals surface area contributed by atoms with E-state index in [0.717, 1.165) is 17.8 Å². The van der Waals surface area contributed by atoms with Crippen LogP contribution in [0.5, 0.6) is 0 Å². The number of hydrogen-bond donors (Lipinski definition) is 2. The van der Waals surface area contributed by atoms with E-state index < -0.39 is 6.10 Å². The number of nitrogens with zero attached hydrogens (tertiary/aromatic N) is 1. The summed E-state index contributed by atoms with van der Waals surface area (Å²) in [6.07, 6.45) is 0.268. The minimum Gasteiger partial charge on any atom is -0.388 e. The molecule has 120 valence electrons. The molecule has 3 nitrogen and oxygen atoms in total. The third-order valence-corrected chi connectivity index (χ3v) is 4.90. The number of aromatic nitrogens is 1. The van der Waals surface area contributed by atoms with Crippen molar-refractivity contribution in [3.8, 4) is 0 Å². The topological polar surface area (TPSA) is 45.1 Å². The highest BCUT2D eigenvalue weighted by molar-refractivity contribution is 7.09. The van der Waals surface area contributed by atoms with Gasteiger partial charge in [0.2, 0.25) is 0 Å². The number of thiazole rings is 1. The lowest BCUT2D eigenvalue weighted by Crippen LogP contribution is -2.27. The molecule has 0 spiro atoms. The quantitative estimate of drug-likeness (QED) is 0.845. The Morgan fingerprint density at radius 3 is 2.50 bits per heavy atom. The van der Waals surface area contributed by atoms with E-state index in [0.29, 0.717) is 6.42 Å². The van der Waals surface area contributed by atoms with Crippen molar-refractivity contribution < 1.29 is 5.11 Å². The fourth-order valence-electron chi connectivity index (χ4n) is 2.24. The molecule has 2 rings (SSSR count). The van der Waals surface area contributed by atoms with Crippen LogP contribution in [-0.4, -0.2) is 16.1 Å². The maximum absolute atomic E-state index is 10.2. The van der Waals surface area contributed by atoms with Gasteiger partial charge in [-0.3, -0.25) is 0 Å². The summed E-state index contributed by atoms with van der Waals surface area (Å²) in [4.78, 5) is 4.68. The van der Waals surface area contributed by atoms with Crippen molar-refractivity contribution in [2.45, 2.75) is 58.2 Å². The molecular formula is C18H26N2OS. The molecule has 4 heteroatoms. The fourth-order valence-corrected chi connectivity index (χ4v) is 3.15. The number of aliphatic hydroxyl groups excluding tert-OH is 1. The molecule has 0 amide bonds. The lowest BCUT2D eigenvalue weighted by atomic mass is 9.98. The third-order valence-electron chi connectivity index (χ3n) is 3.59. The van der Waals surface area contributed by atoms with Crippen molar-refractivity contribution >= 4 is 11.3 Å². The second kappa shape index (κ2) is 7.36. The first-order valence-corrected chi connectivity index (χ1v) is 8.65. The maximum Gasteiger partial charge on any atom is 0.0982 e. The Morgan fingerprint density at radius 1 is 1.23 bits per heavy atom. The van der Waals surface area contributed by atoms with E-state index in [9.17, 15) is 5.11 Å². The van der Waals surface area contributed by atoms with Crippen molar-refractivity contribution in [1.82, 2.24) is 10.3 Å². The number of nitrogens with one attached hydrogen (secondary N) is 1. The molecule has 0 saturated heterocycles. The van der Waals surface area contributed by atoms with Crippen LogP contribution >= 0.6 is 11.3 Å². The zero-order valence-electron chi connectivity index (χ0n) is 13.8. The Bertz CT molecular complexity index is 574. The van der Waals surface area contributed by atoms with E-state index in [2.05, 4.69) is 43.4 Å². The largest absolute Gasteiger partial charge is 0.388 e. The average Bonchev–Trinajstić information content (AvgIpc) is 2.95. The summed E-state index contributed by atoms with van der Waals surface area (Å²) in [5.41, 5.74) is 2.16. The predicted molar refractivity (Wildman–Crippen MR) is 93.1 cm³/mol. The van der Waals surface area contributed by atoms with E-state index in [1.165, 1.54) is 5.01 Å². The zero-order valence-corrected chi connectivity index (χ0v) is 14.7. The van der Waals surface area contributed by atoms with Gasteiger partial charge in [-0.2, -0.15) is 0 Å². The first kappa shape index (κ1) is 17.1. The SMILES string of the molecule is CC(CC(O)c1ccccc1)NCc1csc(C(C)(C)C)n1. The van der Waals surface area contributed by atoms with Gasteiger partial charge in [-0.25, -0.2) is 4.98 Å². The first-order chi connectivity index (χ1) is 10.4. The lowest BCUT2D eigenvalue weighted by Gasteiger charge is -2.18. The Labute approximate surface area is 137 Å². The first-order valence-electron chi connectivity index (χ1n) is 7.77. The van der Waals surface area contributed by atoms with Crippen molar-refractivity contribution in [3.05, 3.63) is 52.0 Å². The minimum absolute atomic E-state index is 0.109. The summed E-state index contributed by atoms with van der Waals surface area (Å²) in [5, 5.41) is 17.0. The average molecular weight is 318 g/mol. The van der Waals surface area contributed by atoms with Crippen LogP contribution in [0.3, 0.4) is 0 Å². The van der Waals surface area contributed by atoms with Gasteiger partial charge in [0.1, 0.15) is 0 Å². The second-order valence-electron chi connectivity index (χ2n) is 6.84. The second-order valence-corrected chi connectivity index (χ2v) is 7.70. The molecule has 2 aromatic rings. The molecule has 1 aromatic carbocycles. The molecule has 2 N–H and O–H groups in total. The van der Waals surface area contributed by atoms with Crippen LogP contribution in [-0.2, 0) is 12.0 Å². The molecule has 0 fully saturated rings. The summed E-state index contributed by atoms with van der Waals surface area (Å²) >= 11 is 1.72. The van der Waals surface area contributed by atoms with Gasteiger partial charge in [0, 0.05) is 23.4 Å². The number of aliphatic hydroxyl groups is 1. The molecule has 2 atom stereocenters. The van der Waals surface area contributed by atoms with Gasteiger partial charge in [0.25, 0.3) is 0 Å². The molecule has 0 saturated carbocycles. The van der Waals surface area contributed by atoms with E-state index in [4.69, 9.17) is 0 Å². The number of rotatable bonds is 6. The van der Waals surface area contributed by atoms with Crippen LogP contribution < -0.4 is 5.32 Å². The van der Waals surface area contributed by atoms with Crippen LogP contribution in [0.1, 0.15) is 56.5 Å². The van der Waals surface area contributed by atoms with Gasteiger partial charge in [-0.15, -0.1) is 11.3 Å². The monoisotopic (exact) mass is 318 g/mol. The number of hydrogen-bond acceptors (Lipinski definition) is 4. The molecule has 0 aliphatic carbocycles. The molecule has 22 heavy (non-hydrogen) atoms. The summed E-state index contributed by atoms with van der Waals surface area (Å²) in [6, 6.07) is 10.0. The number of benzene rings is 1. The van der Waals surface area contributed by atoms with Crippen LogP contribution in [0, 0.1) is 0 Å². The van der Waals surface area contributed by atoms with Gasteiger partial charge < -0.3 is 10.4 Å². The van der Waals surface area contributed by atoms with E-state index in [1.54, 1.807) is 11.3 Å². The van der Waals surface area contributed by atoms with Crippen LogP contribution in [0.4, 0.5) is 0 Å². The smallest absolute Gasteiger partial charge is 0.0982 e. The van der Waals surface area contributed by atoms with Gasteiger partial charge in [-0.05, 0) is 18.9 Å². The standard InChI is InChI=1S/C18H26N2OS/c1-13(10-16(21)14-8-6-5-7-9-14)19-11-15-12-22-17(20-15)18(2,3)4/h5-9,12-13,16,19,21H,10-11H2,1-4H3. The highest BCUT2D eigenvalue weighted by atomic mass is 32.1. The van der Waals surface area contributed by atoms with E-state index in [-0.39, 0.29) is 11.5 Å². The van der Waals surface area contributed by atoms with Crippen molar-refractivity contribution in [2.24, 2.45) is 0 Å². The molecule has 0 radical (unpaired) electrons. The normalized spacial score (nSPS) is 14.8. The highest BCUT2D eigenvalue weighted by Gasteiger charge is 2.18. The van der Waals surface area contributed by atoms with Crippen LogP contribution in [0.15, 0.2) is 35.7 Å². The van der Waals surface area contributed by atoms with E-state index in [1.807, 2.05) is 30.3 Å². The van der Waals surface area contributed by atoms with Crippen molar-refractivity contribution in [3.63, 3.8) is 0 Å². The maximum atomic E-state index is 10.2. The predicted octanol–water partition coefficient (Wildman–Crippen LogP) is 4.04. The minimum atomic E-state index is -0.427. The Kier molecular flexibility index (Phi) is 5.73. The van der Waals surface area contributed by atoms with Gasteiger partial charge >= 0.3 is 0 Å². The molecule has 1 heterocycles. The summed E-state index contributed by atoms with van der Waals surface area (Å²) in [5.74, 6) is 0. The summed E-state index contributed by atoms with van der Waals surface area (Å²) < 4.78 is 0.